The van der Waals surface area contributed by atoms with Gasteiger partial charge in [-0.25, -0.2) is 4.79 Å². The van der Waals surface area contributed by atoms with Gasteiger partial charge in [-0.3, -0.25) is 0 Å². The Bertz CT molecular complexity index is 804. The van der Waals surface area contributed by atoms with Crippen molar-refractivity contribution >= 4 is 17.4 Å². The Morgan fingerprint density at radius 1 is 1.03 bits per heavy atom. The number of carbonyl (C=O) groups excluding carboxylic acids is 1. The van der Waals surface area contributed by atoms with Crippen molar-refractivity contribution in [1.29, 1.82) is 0 Å². The van der Waals surface area contributed by atoms with Gasteiger partial charge in [0.2, 0.25) is 0 Å². The summed E-state index contributed by atoms with van der Waals surface area (Å²) in [4.78, 5) is 14.6. The number of hydrogen-bond donors (Lipinski definition) is 2. The van der Waals surface area contributed by atoms with Crippen LogP contribution in [-0.2, 0) is 6.42 Å². The lowest BCUT2D eigenvalue weighted by Gasteiger charge is -2.22. The quantitative estimate of drug-likeness (QED) is 0.612. The Morgan fingerprint density at radius 2 is 1.79 bits per heavy atom. The fourth-order valence-electron chi connectivity index (χ4n) is 3.20. The maximum Gasteiger partial charge on any atom is 0.319 e. The van der Waals surface area contributed by atoms with E-state index in [-0.39, 0.29) is 6.03 Å². The molecule has 0 atom stereocenters. The van der Waals surface area contributed by atoms with E-state index < -0.39 is 0 Å². The summed E-state index contributed by atoms with van der Waals surface area (Å²) in [5, 5.41) is 5.85. The second-order valence-corrected chi connectivity index (χ2v) is 6.72. The fourth-order valence-corrected chi connectivity index (χ4v) is 3.20. The first-order valence-electron chi connectivity index (χ1n) is 10.2. The molecule has 0 spiro atoms. The highest BCUT2D eigenvalue weighted by Crippen LogP contribution is 2.28. The first kappa shape index (κ1) is 22.4. The first-order chi connectivity index (χ1) is 14.0. The molecule has 0 aliphatic carbocycles. The second kappa shape index (κ2) is 11.2. The van der Waals surface area contributed by atoms with Crippen molar-refractivity contribution in [3.05, 3.63) is 47.5 Å². The molecule has 2 aromatic rings. The molecule has 29 heavy (non-hydrogen) atoms. The van der Waals surface area contributed by atoms with Crippen LogP contribution in [0.2, 0.25) is 0 Å². The van der Waals surface area contributed by atoms with Gasteiger partial charge in [0, 0.05) is 31.0 Å². The van der Waals surface area contributed by atoms with E-state index in [9.17, 15) is 4.79 Å². The van der Waals surface area contributed by atoms with E-state index in [4.69, 9.17) is 9.47 Å². The minimum Gasteiger partial charge on any atom is -0.493 e. The Balaban J connectivity index is 1.89. The summed E-state index contributed by atoms with van der Waals surface area (Å²) >= 11 is 0. The molecule has 0 unspecified atom stereocenters. The highest BCUT2D eigenvalue weighted by Gasteiger charge is 2.09. The van der Waals surface area contributed by atoms with Crippen molar-refractivity contribution in [3.8, 4) is 11.5 Å². The molecule has 0 aliphatic rings. The van der Waals surface area contributed by atoms with Crippen molar-refractivity contribution in [2.75, 3.05) is 43.6 Å². The van der Waals surface area contributed by atoms with Gasteiger partial charge in [-0.15, -0.1) is 0 Å². The van der Waals surface area contributed by atoms with E-state index in [0.29, 0.717) is 25.3 Å². The number of nitrogens with zero attached hydrogens (tertiary/aromatic N) is 1. The van der Waals surface area contributed by atoms with E-state index in [1.54, 1.807) is 7.11 Å². The number of methoxy groups -OCH3 is 1. The summed E-state index contributed by atoms with van der Waals surface area (Å²) in [5.41, 5.74) is 4.11. The van der Waals surface area contributed by atoms with E-state index in [1.807, 2.05) is 44.2 Å². The molecule has 0 aromatic heterocycles. The average molecular weight is 400 g/mol. The minimum atomic E-state index is -0.207. The molecule has 2 aromatic carbocycles. The van der Waals surface area contributed by atoms with E-state index in [1.165, 1.54) is 5.69 Å². The van der Waals surface area contributed by atoms with Crippen LogP contribution < -0.4 is 25.0 Å². The summed E-state index contributed by atoms with van der Waals surface area (Å²) < 4.78 is 10.9. The van der Waals surface area contributed by atoms with Gasteiger partial charge in [0.05, 0.1) is 13.7 Å². The lowest BCUT2D eigenvalue weighted by Crippen LogP contribution is -2.30. The van der Waals surface area contributed by atoms with Gasteiger partial charge in [-0.1, -0.05) is 6.07 Å². The highest BCUT2D eigenvalue weighted by molar-refractivity contribution is 5.90. The lowest BCUT2D eigenvalue weighted by atomic mass is 10.1. The van der Waals surface area contributed by atoms with E-state index >= 15 is 0 Å². The van der Waals surface area contributed by atoms with Crippen LogP contribution in [0, 0.1) is 6.92 Å². The van der Waals surface area contributed by atoms with Gasteiger partial charge in [0.1, 0.15) is 0 Å². The van der Waals surface area contributed by atoms with E-state index in [2.05, 4.69) is 35.4 Å². The van der Waals surface area contributed by atoms with Crippen LogP contribution in [0.1, 0.15) is 31.9 Å². The molecular weight excluding hydrogens is 366 g/mol. The predicted molar refractivity (Wildman–Crippen MR) is 120 cm³/mol. The zero-order valence-corrected chi connectivity index (χ0v) is 18.2. The average Bonchev–Trinajstić information content (AvgIpc) is 2.72. The number of amides is 2. The molecular formula is C23H33N3O3. The number of carbonyl (C=O) groups is 1. The van der Waals surface area contributed by atoms with Crippen LogP contribution in [0.4, 0.5) is 16.2 Å². The number of nitrogens with one attached hydrogen (secondary N) is 2. The molecule has 6 heteroatoms. The molecule has 0 radical (unpaired) electrons. The number of benzene rings is 2. The molecule has 0 saturated heterocycles. The van der Waals surface area contributed by atoms with Gasteiger partial charge in [0.15, 0.2) is 11.5 Å². The van der Waals surface area contributed by atoms with Gasteiger partial charge < -0.3 is 25.0 Å². The zero-order valence-electron chi connectivity index (χ0n) is 18.2. The van der Waals surface area contributed by atoms with Crippen LogP contribution in [0.5, 0.6) is 11.5 Å². The van der Waals surface area contributed by atoms with Crippen molar-refractivity contribution < 1.29 is 14.3 Å². The Hall–Kier alpha value is -2.89. The van der Waals surface area contributed by atoms with Gasteiger partial charge in [-0.05, 0) is 75.6 Å². The topological polar surface area (TPSA) is 62.8 Å². The Labute approximate surface area is 174 Å². The van der Waals surface area contributed by atoms with Crippen LogP contribution in [0.3, 0.4) is 0 Å². The van der Waals surface area contributed by atoms with Gasteiger partial charge >= 0.3 is 6.03 Å². The number of urea groups is 1. The lowest BCUT2D eigenvalue weighted by molar-refractivity contribution is 0.252. The van der Waals surface area contributed by atoms with Crippen molar-refractivity contribution in [2.45, 2.75) is 34.1 Å². The molecule has 2 N–H and O–H groups in total. The second-order valence-electron chi connectivity index (χ2n) is 6.72. The van der Waals surface area contributed by atoms with Crippen LogP contribution in [0.25, 0.3) is 0 Å². The summed E-state index contributed by atoms with van der Waals surface area (Å²) in [6.45, 7) is 11.3. The van der Waals surface area contributed by atoms with Crippen molar-refractivity contribution in [2.24, 2.45) is 0 Å². The third-order valence-corrected chi connectivity index (χ3v) is 4.81. The first-order valence-corrected chi connectivity index (χ1v) is 10.2. The molecule has 0 heterocycles. The Kier molecular flexibility index (Phi) is 8.65. The smallest absolute Gasteiger partial charge is 0.319 e. The maximum absolute atomic E-state index is 12.3. The SMILES string of the molecule is CCOc1ccc(CCNC(=O)Nc2ccc(N(CC)CC)cc2C)cc1OC. The molecule has 0 aliphatic heterocycles. The fraction of sp³-hybridized carbons (Fsp3) is 0.435. The standard InChI is InChI=1S/C23H33N3O3/c1-6-26(7-2)19-10-11-20(17(4)15-19)25-23(27)24-14-13-18-9-12-21(29-8-3)22(16-18)28-5/h9-12,15-16H,6-8,13-14H2,1-5H3,(H2,24,25,27). The number of aryl methyl sites for hydroxylation is 1. The van der Waals surface area contributed by atoms with Gasteiger partial charge in [-0.2, -0.15) is 0 Å². The van der Waals surface area contributed by atoms with E-state index in [0.717, 1.165) is 35.7 Å². The number of rotatable bonds is 10. The maximum atomic E-state index is 12.3. The highest BCUT2D eigenvalue weighted by atomic mass is 16.5. The van der Waals surface area contributed by atoms with Crippen LogP contribution in [-0.4, -0.2) is 39.4 Å². The normalized spacial score (nSPS) is 10.4. The Morgan fingerprint density at radius 3 is 2.41 bits per heavy atom. The summed E-state index contributed by atoms with van der Waals surface area (Å²) in [7, 11) is 1.63. The molecule has 2 amide bonds. The monoisotopic (exact) mass is 399 g/mol. The molecule has 2 rings (SSSR count). The molecule has 158 valence electrons. The largest absolute Gasteiger partial charge is 0.493 e. The predicted octanol–water partition coefficient (Wildman–Crippen LogP) is 4.61. The van der Waals surface area contributed by atoms with Crippen molar-refractivity contribution in [3.63, 3.8) is 0 Å². The van der Waals surface area contributed by atoms with Gasteiger partial charge in [0.25, 0.3) is 0 Å². The molecule has 0 saturated carbocycles. The number of hydrogen-bond acceptors (Lipinski definition) is 4. The van der Waals surface area contributed by atoms with Crippen molar-refractivity contribution in [1.82, 2.24) is 5.32 Å². The summed E-state index contributed by atoms with van der Waals surface area (Å²) in [5.74, 6) is 1.44. The number of ether oxygens (including phenoxy) is 2. The minimum absolute atomic E-state index is 0.207. The summed E-state index contributed by atoms with van der Waals surface area (Å²) in [6.07, 6.45) is 0.704. The van der Waals surface area contributed by atoms with Crippen LogP contribution in [0.15, 0.2) is 36.4 Å². The molecule has 0 fully saturated rings. The molecule has 6 nitrogen and oxygen atoms in total. The zero-order chi connectivity index (χ0) is 21.2. The number of anilines is 2. The molecule has 0 bridgehead atoms. The third kappa shape index (κ3) is 6.31. The summed E-state index contributed by atoms with van der Waals surface area (Å²) in [6, 6.07) is 11.7. The van der Waals surface area contributed by atoms with Crippen LogP contribution >= 0.6 is 0 Å². The third-order valence-electron chi connectivity index (χ3n) is 4.81.